The van der Waals surface area contributed by atoms with Crippen LogP contribution in [0.3, 0.4) is 0 Å². The van der Waals surface area contributed by atoms with Gasteiger partial charge in [-0.15, -0.1) is 0 Å². The molecule has 0 unspecified atom stereocenters. The van der Waals surface area contributed by atoms with Gasteiger partial charge < -0.3 is 15.1 Å². The van der Waals surface area contributed by atoms with Crippen molar-refractivity contribution >= 4 is 33.3 Å². The highest BCUT2D eigenvalue weighted by Crippen LogP contribution is 2.32. The zero-order chi connectivity index (χ0) is 16.5. The van der Waals surface area contributed by atoms with Crippen molar-refractivity contribution < 1.29 is 4.42 Å². The van der Waals surface area contributed by atoms with Gasteiger partial charge in [-0.2, -0.15) is 0 Å². The van der Waals surface area contributed by atoms with E-state index >= 15 is 0 Å². The molecular formula is C21H20N2O. The van der Waals surface area contributed by atoms with Gasteiger partial charge in [0, 0.05) is 35.7 Å². The Morgan fingerprint density at radius 2 is 1.50 bits per heavy atom. The van der Waals surface area contributed by atoms with E-state index in [1.54, 1.807) is 0 Å². The van der Waals surface area contributed by atoms with Crippen molar-refractivity contribution in [1.29, 1.82) is 0 Å². The number of fused-ring (bicyclic) bond motifs is 3. The lowest BCUT2D eigenvalue weighted by Gasteiger charge is -2.09. The van der Waals surface area contributed by atoms with Gasteiger partial charge in [-0.1, -0.05) is 24.3 Å². The summed E-state index contributed by atoms with van der Waals surface area (Å²) in [5.74, 6) is 0. The first-order valence-corrected chi connectivity index (χ1v) is 8.17. The highest BCUT2D eigenvalue weighted by molar-refractivity contribution is 6.07. The molecule has 3 aromatic carbocycles. The molecule has 1 aromatic heterocycles. The fourth-order valence-electron chi connectivity index (χ4n) is 3.05. The zero-order valence-corrected chi connectivity index (χ0v) is 13.9. The quantitative estimate of drug-likeness (QED) is 0.518. The van der Waals surface area contributed by atoms with Crippen molar-refractivity contribution in [3.05, 3.63) is 71.8 Å². The van der Waals surface area contributed by atoms with E-state index < -0.39 is 0 Å². The molecule has 0 amide bonds. The molecule has 0 saturated carbocycles. The summed E-state index contributed by atoms with van der Waals surface area (Å²) in [6, 6.07) is 20.9. The Morgan fingerprint density at radius 3 is 2.21 bits per heavy atom. The van der Waals surface area contributed by atoms with Crippen LogP contribution in [-0.2, 0) is 6.54 Å². The molecule has 0 radical (unpaired) electrons. The smallest absolute Gasteiger partial charge is 0.135 e. The van der Waals surface area contributed by atoms with Gasteiger partial charge in [0.05, 0.1) is 0 Å². The number of hydrogen-bond donors (Lipinski definition) is 2. The molecule has 0 atom stereocenters. The summed E-state index contributed by atoms with van der Waals surface area (Å²) in [4.78, 5) is 0. The maximum atomic E-state index is 5.93. The first kappa shape index (κ1) is 14.6. The molecule has 1 heterocycles. The maximum absolute atomic E-state index is 5.93. The largest absolute Gasteiger partial charge is 0.456 e. The number of furan rings is 1. The van der Waals surface area contributed by atoms with Crippen LogP contribution in [0.2, 0.25) is 0 Å². The second-order valence-electron chi connectivity index (χ2n) is 6.05. The zero-order valence-electron chi connectivity index (χ0n) is 13.9. The molecule has 0 bridgehead atoms. The summed E-state index contributed by atoms with van der Waals surface area (Å²) >= 11 is 0. The van der Waals surface area contributed by atoms with Crippen molar-refractivity contribution in [3.63, 3.8) is 0 Å². The number of anilines is 2. The van der Waals surface area contributed by atoms with E-state index in [0.717, 1.165) is 39.9 Å². The maximum Gasteiger partial charge on any atom is 0.135 e. The van der Waals surface area contributed by atoms with Gasteiger partial charge >= 0.3 is 0 Å². The first-order valence-electron chi connectivity index (χ1n) is 8.17. The molecule has 3 heteroatoms. The van der Waals surface area contributed by atoms with Gasteiger partial charge in [-0.3, -0.25) is 0 Å². The van der Waals surface area contributed by atoms with Crippen molar-refractivity contribution in [2.45, 2.75) is 13.5 Å². The lowest BCUT2D eigenvalue weighted by Crippen LogP contribution is -2.00. The van der Waals surface area contributed by atoms with E-state index in [1.807, 2.05) is 25.2 Å². The van der Waals surface area contributed by atoms with Gasteiger partial charge in [0.1, 0.15) is 11.2 Å². The molecular weight excluding hydrogens is 296 g/mol. The van der Waals surface area contributed by atoms with E-state index in [9.17, 15) is 0 Å². The van der Waals surface area contributed by atoms with E-state index in [1.165, 1.54) is 11.1 Å². The van der Waals surface area contributed by atoms with Crippen molar-refractivity contribution in [1.82, 2.24) is 0 Å². The molecule has 0 aliphatic heterocycles. The van der Waals surface area contributed by atoms with Gasteiger partial charge in [0.2, 0.25) is 0 Å². The lowest BCUT2D eigenvalue weighted by molar-refractivity contribution is 0.669. The van der Waals surface area contributed by atoms with E-state index in [-0.39, 0.29) is 0 Å². The second-order valence-corrected chi connectivity index (χ2v) is 6.05. The van der Waals surface area contributed by atoms with Gasteiger partial charge in [0.15, 0.2) is 0 Å². The average Bonchev–Trinajstić information content (AvgIpc) is 2.98. The Balaban J connectivity index is 1.69. The monoisotopic (exact) mass is 316 g/mol. The van der Waals surface area contributed by atoms with Crippen LogP contribution >= 0.6 is 0 Å². The topological polar surface area (TPSA) is 37.2 Å². The highest BCUT2D eigenvalue weighted by atomic mass is 16.3. The Hall–Kier alpha value is -2.94. The molecule has 4 rings (SSSR count). The number of aryl methyl sites for hydroxylation is 1. The van der Waals surface area contributed by atoms with E-state index in [0.29, 0.717) is 0 Å². The standard InChI is InChI=1S/C21H20N2O/c1-14-5-3-4-6-15(14)13-23-17-8-10-21-19(12-17)18-11-16(22-2)7-9-20(18)24-21/h3-12,22-23H,13H2,1-2H3. The highest BCUT2D eigenvalue weighted by Gasteiger charge is 2.08. The number of nitrogens with one attached hydrogen (secondary N) is 2. The normalized spacial score (nSPS) is 11.1. The molecule has 2 N–H and O–H groups in total. The summed E-state index contributed by atoms with van der Waals surface area (Å²) in [5.41, 5.74) is 6.64. The number of benzene rings is 3. The van der Waals surface area contributed by atoms with Crippen molar-refractivity contribution in [2.24, 2.45) is 0 Å². The lowest BCUT2D eigenvalue weighted by atomic mass is 10.1. The Kier molecular flexibility index (Phi) is 3.62. The minimum atomic E-state index is 0.815. The average molecular weight is 316 g/mol. The van der Waals surface area contributed by atoms with Crippen LogP contribution in [0, 0.1) is 6.92 Å². The van der Waals surface area contributed by atoms with Crippen LogP contribution < -0.4 is 10.6 Å². The molecule has 0 aliphatic carbocycles. The molecule has 120 valence electrons. The Morgan fingerprint density at radius 1 is 0.833 bits per heavy atom. The van der Waals surface area contributed by atoms with Crippen LogP contribution in [0.1, 0.15) is 11.1 Å². The minimum absolute atomic E-state index is 0.815. The van der Waals surface area contributed by atoms with E-state index in [4.69, 9.17) is 4.42 Å². The molecule has 0 spiro atoms. The fraction of sp³-hybridized carbons (Fsp3) is 0.143. The summed E-state index contributed by atoms with van der Waals surface area (Å²) in [6.07, 6.45) is 0. The number of rotatable bonds is 4. The third kappa shape index (κ3) is 2.58. The summed E-state index contributed by atoms with van der Waals surface area (Å²) < 4.78 is 5.93. The summed E-state index contributed by atoms with van der Waals surface area (Å²) in [6.45, 7) is 2.96. The van der Waals surface area contributed by atoms with Crippen molar-refractivity contribution in [3.8, 4) is 0 Å². The first-order chi connectivity index (χ1) is 11.7. The minimum Gasteiger partial charge on any atom is -0.456 e. The molecule has 4 aromatic rings. The molecule has 3 nitrogen and oxygen atoms in total. The van der Waals surface area contributed by atoms with Crippen LogP contribution in [0.15, 0.2) is 65.1 Å². The fourth-order valence-corrected chi connectivity index (χ4v) is 3.05. The molecule has 0 fully saturated rings. The van der Waals surface area contributed by atoms with Crippen LogP contribution in [0.25, 0.3) is 21.9 Å². The summed E-state index contributed by atoms with van der Waals surface area (Å²) in [7, 11) is 1.93. The predicted octanol–water partition coefficient (Wildman–Crippen LogP) is 5.55. The van der Waals surface area contributed by atoms with Gasteiger partial charge in [-0.05, 0) is 54.4 Å². The number of hydrogen-bond acceptors (Lipinski definition) is 3. The van der Waals surface area contributed by atoms with E-state index in [2.05, 4.69) is 60.0 Å². The van der Waals surface area contributed by atoms with Crippen LogP contribution in [0.5, 0.6) is 0 Å². The molecule has 0 aliphatic rings. The van der Waals surface area contributed by atoms with Crippen LogP contribution in [-0.4, -0.2) is 7.05 Å². The SMILES string of the molecule is CNc1ccc2oc3ccc(NCc4ccccc4C)cc3c2c1. The summed E-state index contributed by atoms with van der Waals surface area (Å²) in [5, 5.41) is 8.98. The molecule has 0 saturated heterocycles. The Labute approximate surface area is 141 Å². The second kappa shape index (κ2) is 5.93. The third-order valence-electron chi connectivity index (χ3n) is 4.50. The van der Waals surface area contributed by atoms with Crippen molar-refractivity contribution in [2.75, 3.05) is 17.7 Å². The van der Waals surface area contributed by atoms with Gasteiger partial charge in [-0.25, -0.2) is 0 Å². The third-order valence-corrected chi connectivity index (χ3v) is 4.50. The Bertz CT molecular complexity index is 1020. The van der Waals surface area contributed by atoms with Crippen LogP contribution in [0.4, 0.5) is 11.4 Å². The molecule has 24 heavy (non-hydrogen) atoms. The van der Waals surface area contributed by atoms with Gasteiger partial charge in [0.25, 0.3) is 0 Å². The predicted molar refractivity (Wildman–Crippen MR) is 102 cm³/mol.